The molecule has 11 atom stereocenters. The van der Waals surface area contributed by atoms with Gasteiger partial charge in [-0.2, -0.15) is 0 Å². The number of imidazole rings is 2. The van der Waals surface area contributed by atoms with E-state index in [4.69, 9.17) is 70.8 Å². The molecule has 3 aliphatic heterocycles. The summed E-state index contributed by atoms with van der Waals surface area (Å²) in [4.78, 5) is 114. The van der Waals surface area contributed by atoms with E-state index in [0.717, 1.165) is 11.2 Å². The second-order valence-corrected chi connectivity index (χ2v) is 25.0. The number of anilines is 3. The molecule has 0 aliphatic carbocycles. The van der Waals surface area contributed by atoms with Gasteiger partial charge in [0.25, 0.3) is 0 Å². The van der Waals surface area contributed by atoms with Gasteiger partial charge in [-0.3, -0.25) is 32.6 Å². The Labute approximate surface area is 483 Å². The predicted octanol–water partition coefficient (Wildman–Crippen LogP) is 2.30. The maximum Gasteiger partial charge on any atom is 0.508 e. The lowest BCUT2D eigenvalue weighted by Gasteiger charge is -2.29. The smallest absolute Gasteiger partial charge is 0.445 e. The highest BCUT2D eigenvalue weighted by molar-refractivity contribution is 8.44. The van der Waals surface area contributed by atoms with Crippen molar-refractivity contribution >= 4 is 113 Å². The summed E-state index contributed by atoms with van der Waals surface area (Å²) in [6.07, 6.45) is -5.17. The van der Waals surface area contributed by atoms with Gasteiger partial charge in [0.2, 0.25) is 17.7 Å². The number of hydrogen-bond donors (Lipinski definition) is 9. The van der Waals surface area contributed by atoms with Gasteiger partial charge < -0.3 is 81.0 Å². The van der Waals surface area contributed by atoms with Crippen LogP contribution in [0.3, 0.4) is 0 Å². The minimum absolute atomic E-state index is 0.00749. The number of amides is 6. The van der Waals surface area contributed by atoms with Crippen LogP contribution in [0.5, 0.6) is 0 Å². The van der Waals surface area contributed by atoms with Crippen LogP contribution in [0.4, 0.5) is 31.7 Å². The fraction of sp³-hybridized carbons (Fsp3) is 0.522. The molecule has 3 saturated heterocycles. The van der Waals surface area contributed by atoms with Crippen LogP contribution in [0, 0.1) is 5.92 Å². The van der Waals surface area contributed by atoms with Crippen molar-refractivity contribution in [3.63, 3.8) is 0 Å². The van der Waals surface area contributed by atoms with Crippen molar-refractivity contribution < 1.29 is 80.0 Å². The molecule has 5 aromatic rings. The van der Waals surface area contributed by atoms with E-state index >= 15 is 0 Å². The van der Waals surface area contributed by atoms with E-state index in [1.807, 2.05) is 0 Å². The van der Waals surface area contributed by atoms with E-state index in [-0.39, 0.29) is 80.0 Å². The highest BCUT2D eigenvalue weighted by atomic mass is 32.7. The van der Waals surface area contributed by atoms with Gasteiger partial charge >= 0.3 is 31.8 Å². The number of nitrogens with one attached hydrogen (secondary N) is 4. The molecule has 8 rings (SSSR count). The molecular weight excluding hydrogens is 1170 g/mol. The highest BCUT2D eigenvalue weighted by Crippen LogP contribution is 2.58. The van der Waals surface area contributed by atoms with E-state index in [1.54, 1.807) is 49.6 Å². The zero-order valence-electron chi connectivity index (χ0n) is 44.9. The van der Waals surface area contributed by atoms with Gasteiger partial charge in [-0.15, -0.1) is 0 Å². The first-order chi connectivity index (χ1) is 39.5. The van der Waals surface area contributed by atoms with Crippen molar-refractivity contribution in [2.75, 3.05) is 56.7 Å². The molecule has 0 bridgehead atoms. The Morgan fingerprint density at radius 3 is 2.20 bits per heavy atom. The number of nitrogen functional groups attached to an aromatic ring is 2. The van der Waals surface area contributed by atoms with E-state index in [2.05, 4.69) is 63.4 Å². The minimum atomic E-state index is -4.49. The number of likely N-dealkylation sites (N-methyl/N-ethyl adjacent to an activating group) is 1. The number of nitrogens with zero attached hydrogens (tertiary/aromatic N) is 9. The Hall–Kier alpha value is -6.91. The van der Waals surface area contributed by atoms with Crippen molar-refractivity contribution in [1.82, 2.24) is 59.9 Å². The number of aromatic nitrogens is 8. The van der Waals surface area contributed by atoms with Gasteiger partial charge in [0, 0.05) is 32.1 Å². The number of carbonyl (C=O) groups is 6. The first-order valence-corrected chi connectivity index (χ1v) is 31.0. The number of carbonyl (C=O) groups excluding carboxylic acids is 6. The van der Waals surface area contributed by atoms with Crippen LogP contribution in [0.2, 0.25) is 0 Å². The molecule has 6 amide bonds. The number of ether oxygens (including phenoxy) is 5. The van der Waals surface area contributed by atoms with Crippen molar-refractivity contribution in [1.29, 1.82) is 0 Å². The van der Waals surface area contributed by atoms with Crippen LogP contribution < -0.4 is 38.5 Å². The first kappa shape index (κ1) is 62.1. The third-order valence-corrected chi connectivity index (χ3v) is 16.3. The average Bonchev–Trinajstić information content (AvgIpc) is 2.63. The molecule has 7 heterocycles. The Morgan fingerprint density at radius 2 is 1.54 bits per heavy atom. The molecule has 0 radical (unpaired) electrons. The fourth-order valence-corrected chi connectivity index (χ4v) is 11.8. The van der Waals surface area contributed by atoms with E-state index in [1.165, 1.54) is 30.6 Å². The summed E-state index contributed by atoms with van der Waals surface area (Å²) < 4.78 is 70.0. The first-order valence-electron chi connectivity index (χ1n) is 25.7. The lowest BCUT2D eigenvalue weighted by atomic mass is 10.0. The van der Waals surface area contributed by atoms with Crippen LogP contribution >= 0.6 is 25.8 Å². The Morgan fingerprint density at radius 1 is 0.880 bits per heavy atom. The number of primary amides is 1. The molecular formula is C46H62N16O17P2S2. The molecule has 4 aromatic heterocycles. The summed E-state index contributed by atoms with van der Waals surface area (Å²) in [5.74, 6) is -1.62. The Balaban J connectivity index is 0.879. The Bertz CT molecular complexity index is 3270. The van der Waals surface area contributed by atoms with Gasteiger partial charge in [0.1, 0.15) is 73.5 Å². The molecule has 3 aliphatic rings. The van der Waals surface area contributed by atoms with Crippen molar-refractivity contribution in [3.05, 3.63) is 55.1 Å². The van der Waals surface area contributed by atoms with Crippen LogP contribution in [-0.2, 0) is 79.1 Å². The van der Waals surface area contributed by atoms with Gasteiger partial charge in [-0.1, -0.05) is 45.2 Å². The van der Waals surface area contributed by atoms with Crippen molar-refractivity contribution in [3.8, 4) is 0 Å². The SMILES string of the molecule is CCC(=O)N[C@H](C(=O)N[C@@H](CCCNC(N)=O)C(=O)Nc1ccc(COC(=O)N(C)CCOC(=O)O[C@@H]2[C@@H]3OP(=O)(S)OC[C@H]4O[C@@H](n5cnc6c(N)ncnc65)C[C@@H]4OP(O)(=S)OC[C@H]3O[C@H]2n2cnc3c(N)ncnc32)cc1)C(C)C. The van der Waals surface area contributed by atoms with E-state index < -0.39 is 118 Å². The second kappa shape index (κ2) is 27.2. The summed E-state index contributed by atoms with van der Waals surface area (Å²) in [6.45, 7) is -5.29. The van der Waals surface area contributed by atoms with Gasteiger partial charge in [-0.05, 0) is 48.3 Å². The molecule has 33 nitrogen and oxygen atoms in total. The summed E-state index contributed by atoms with van der Waals surface area (Å²) in [5, 5.41) is 10.6. The Kier molecular flexibility index (Phi) is 20.4. The number of thiol groups is 1. The molecule has 3 fully saturated rings. The quantitative estimate of drug-likeness (QED) is 0.0248. The number of urea groups is 1. The van der Waals surface area contributed by atoms with Crippen LogP contribution in [0.15, 0.2) is 49.6 Å². The standard InChI is InChI=1S/C46H62N16O17P2S2/c1-5-30(63)59-32(23(2)3)42(65)58-26(7-6-12-50-44(49)66)41(64)57-25-10-8-24(9-11-25)16-72-45(67)60(4)13-14-71-46(68)77-36-35-29(76-43(36)62-22-56-34-38(48)52-20-54-40(34)62)18-74-80(69,82)78-27-15-31(75-28(27)17-73-81(70,83)79-35)61-21-55-33-37(47)51-19-53-39(33)61/h8-11,19-23,26-29,31-32,35-36,43H,5-7,12-18H2,1-4H3,(H,57,64)(H,58,65)(H,59,63)(H,69,82)(H,70,83)(H2,47,51,53)(H2,48,52,54)(H3,49,50,66)/t26-,27-,28+,29+,31+,32-,35+,36+,43+,80?,81?/m0/s1. The fourth-order valence-electron chi connectivity index (χ4n) is 8.84. The zero-order valence-corrected chi connectivity index (χ0v) is 48.4. The van der Waals surface area contributed by atoms with Crippen LogP contribution in [-0.4, -0.2) is 167 Å². The molecule has 1 aromatic carbocycles. The van der Waals surface area contributed by atoms with Crippen molar-refractivity contribution in [2.24, 2.45) is 11.7 Å². The largest absolute Gasteiger partial charge is 0.508 e. The normalized spacial score (nSPS) is 25.2. The predicted molar refractivity (Wildman–Crippen MR) is 297 cm³/mol. The topological polar surface area (TPSA) is 439 Å². The molecule has 83 heavy (non-hydrogen) atoms. The summed E-state index contributed by atoms with van der Waals surface area (Å²) in [7, 11) is 1.39. The summed E-state index contributed by atoms with van der Waals surface area (Å²) >= 11 is 9.71. The summed E-state index contributed by atoms with van der Waals surface area (Å²) in [5.41, 5.74) is 19.0. The lowest BCUT2D eigenvalue weighted by Crippen LogP contribution is -2.54. The van der Waals surface area contributed by atoms with Gasteiger partial charge in [0.05, 0.1) is 38.5 Å². The van der Waals surface area contributed by atoms with E-state index in [0.29, 0.717) is 22.4 Å². The third-order valence-electron chi connectivity index (χ3n) is 13.1. The number of rotatable bonds is 19. The second-order valence-electron chi connectivity index (χ2n) is 19.3. The number of hydrogen-bond acceptors (Lipinski definition) is 25. The molecule has 0 saturated carbocycles. The minimum Gasteiger partial charge on any atom is -0.445 e. The van der Waals surface area contributed by atoms with E-state index in [9.17, 15) is 38.2 Å². The average molecular weight is 1240 g/mol. The molecule has 2 unspecified atom stereocenters. The lowest BCUT2D eigenvalue weighted by molar-refractivity contribution is -0.132. The number of benzene rings is 1. The molecule has 450 valence electrons. The molecule has 0 spiro atoms. The highest BCUT2D eigenvalue weighted by Gasteiger charge is 2.54. The zero-order chi connectivity index (χ0) is 59.8. The number of fused-ring (bicyclic) bond motifs is 4. The monoisotopic (exact) mass is 1240 g/mol. The maximum absolute atomic E-state index is 14.2. The van der Waals surface area contributed by atoms with Crippen LogP contribution in [0.1, 0.15) is 64.5 Å². The maximum atomic E-state index is 14.2. The number of nitrogens with two attached hydrogens (primary N) is 3. The van der Waals surface area contributed by atoms with Crippen molar-refractivity contribution in [2.45, 2.75) is 108 Å². The third kappa shape index (κ3) is 15.8. The van der Waals surface area contributed by atoms with Gasteiger partial charge in [0.15, 0.2) is 35.3 Å². The summed E-state index contributed by atoms with van der Waals surface area (Å²) in [6, 6.07) is 3.59. The van der Waals surface area contributed by atoms with Gasteiger partial charge in [-0.25, -0.2) is 48.9 Å². The molecule has 11 N–H and O–H groups in total. The van der Waals surface area contributed by atoms with Crippen LogP contribution in [0.25, 0.3) is 22.3 Å². The molecule has 37 heteroatoms.